The fraction of sp³-hybridized carbons (Fsp3) is 0.562. The largest absolute Gasteiger partial charge is 0.368 e. The van der Waals surface area contributed by atoms with Gasteiger partial charge in [0, 0.05) is 23.8 Å². The minimum Gasteiger partial charge on any atom is -0.368 e. The lowest BCUT2D eigenvalue weighted by Gasteiger charge is -2.31. The molecule has 1 aromatic rings. The van der Waals surface area contributed by atoms with E-state index in [1.54, 1.807) is 6.92 Å². The van der Waals surface area contributed by atoms with Crippen LogP contribution in [0.25, 0.3) is 0 Å². The number of Topliss-reactive ketones (excluding diaryl/α,β-unsaturated/α-hetero) is 1. The molecule has 1 heterocycles. The standard InChI is InChI=1S/C16H22FNO/c1-10(2)15-6-5-7-18(15)16-8-11(3)14(17)9-13(16)12(4)19/h8-10,15H,5-7H2,1-4H3. The molecule has 0 bridgehead atoms. The van der Waals surface area contributed by atoms with Crippen molar-refractivity contribution in [2.24, 2.45) is 5.92 Å². The van der Waals surface area contributed by atoms with Crippen molar-refractivity contribution < 1.29 is 9.18 Å². The van der Waals surface area contributed by atoms with Gasteiger partial charge in [-0.1, -0.05) is 13.8 Å². The predicted molar refractivity (Wildman–Crippen MR) is 76.3 cm³/mol. The number of hydrogen-bond acceptors (Lipinski definition) is 2. The molecule has 0 radical (unpaired) electrons. The predicted octanol–water partition coefficient (Wildman–Crippen LogP) is 3.96. The molecule has 104 valence electrons. The molecule has 0 N–H and O–H groups in total. The Labute approximate surface area is 114 Å². The van der Waals surface area contributed by atoms with E-state index in [-0.39, 0.29) is 11.6 Å². The molecule has 0 aliphatic carbocycles. The fourth-order valence-electron chi connectivity index (χ4n) is 2.97. The molecule has 1 aromatic carbocycles. The Kier molecular flexibility index (Phi) is 3.93. The van der Waals surface area contributed by atoms with Gasteiger partial charge in [0.25, 0.3) is 0 Å². The molecule has 0 amide bonds. The van der Waals surface area contributed by atoms with Crippen LogP contribution >= 0.6 is 0 Å². The first-order valence-corrected chi connectivity index (χ1v) is 6.99. The van der Waals surface area contributed by atoms with Crippen LogP contribution in [0.2, 0.25) is 0 Å². The quantitative estimate of drug-likeness (QED) is 0.769. The van der Waals surface area contributed by atoms with Crippen LogP contribution in [0.15, 0.2) is 12.1 Å². The van der Waals surface area contributed by atoms with E-state index in [0.29, 0.717) is 23.1 Å². The molecule has 1 fully saturated rings. The number of rotatable bonds is 3. The van der Waals surface area contributed by atoms with Crippen LogP contribution in [-0.4, -0.2) is 18.4 Å². The molecule has 1 saturated heterocycles. The van der Waals surface area contributed by atoms with Crippen molar-refractivity contribution in [1.29, 1.82) is 0 Å². The van der Waals surface area contributed by atoms with Crippen LogP contribution in [0.3, 0.4) is 0 Å². The first-order valence-electron chi connectivity index (χ1n) is 6.99. The van der Waals surface area contributed by atoms with Crippen molar-refractivity contribution in [3.8, 4) is 0 Å². The number of hydrogen-bond donors (Lipinski definition) is 0. The highest BCUT2D eigenvalue weighted by Gasteiger charge is 2.29. The Morgan fingerprint density at radius 2 is 2.11 bits per heavy atom. The summed E-state index contributed by atoms with van der Waals surface area (Å²) in [6, 6.07) is 3.66. The zero-order valence-corrected chi connectivity index (χ0v) is 12.2. The van der Waals surface area contributed by atoms with Crippen LogP contribution < -0.4 is 4.90 Å². The molecule has 0 spiro atoms. The van der Waals surface area contributed by atoms with Crippen molar-refractivity contribution in [2.75, 3.05) is 11.4 Å². The maximum absolute atomic E-state index is 13.7. The van der Waals surface area contributed by atoms with Gasteiger partial charge in [-0.2, -0.15) is 0 Å². The lowest BCUT2D eigenvalue weighted by Crippen LogP contribution is -2.34. The van der Waals surface area contributed by atoms with Crippen molar-refractivity contribution in [2.45, 2.75) is 46.6 Å². The minimum absolute atomic E-state index is 0.0664. The summed E-state index contributed by atoms with van der Waals surface area (Å²) in [4.78, 5) is 14.1. The van der Waals surface area contributed by atoms with Crippen LogP contribution in [0.4, 0.5) is 10.1 Å². The molecule has 0 aromatic heterocycles. The highest BCUT2D eigenvalue weighted by molar-refractivity contribution is 6.00. The third-order valence-corrected chi connectivity index (χ3v) is 4.03. The summed E-state index contributed by atoms with van der Waals surface area (Å²) in [7, 11) is 0. The number of halogens is 1. The molecule has 1 aliphatic heterocycles. The first kappa shape index (κ1) is 14.0. The Morgan fingerprint density at radius 3 is 2.68 bits per heavy atom. The third kappa shape index (κ3) is 2.65. The minimum atomic E-state index is -0.297. The van der Waals surface area contributed by atoms with Crippen molar-refractivity contribution in [1.82, 2.24) is 0 Å². The maximum Gasteiger partial charge on any atom is 0.161 e. The Bertz CT molecular complexity index is 496. The smallest absolute Gasteiger partial charge is 0.161 e. The molecule has 2 nitrogen and oxygen atoms in total. The molecule has 1 unspecified atom stereocenters. The lowest BCUT2D eigenvalue weighted by molar-refractivity contribution is 0.101. The van der Waals surface area contributed by atoms with Crippen LogP contribution in [0.5, 0.6) is 0 Å². The van der Waals surface area contributed by atoms with Gasteiger partial charge in [0.15, 0.2) is 5.78 Å². The summed E-state index contributed by atoms with van der Waals surface area (Å²) in [6.45, 7) is 8.62. The average molecular weight is 263 g/mol. The second kappa shape index (κ2) is 5.32. The molecule has 0 saturated carbocycles. The summed E-state index contributed by atoms with van der Waals surface area (Å²) in [5.41, 5.74) is 2.02. The Balaban J connectivity index is 2.48. The molecular formula is C16H22FNO. The average Bonchev–Trinajstić information content (AvgIpc) is 2.80. The second-order valence-electron chi connectivity index (χ2n) is 5.82. The number of benzene rings is 1. The van der Waals surface area contributed by atoms with E-state index in [1.165, 1.54) is 13.0 Å². The zero-order valence-electron chi connectivity index (χ0n) is 12.2. The van der Waals surface area contributed by atoms with Crippen molar-refractivity contribution >= 4 is 11.5 Å². The zero-order chi connectivity index (χ0) is 14.2. The van der Waals surface area contributed by atoms with E-state index in [1.807, 2.05) is 6.07 Å². The summed E-state index contributed by atoms with van der Waals surface area (Å²) in [5.74, 6) is 0.171. The van der Waals surface area contributed by atoms with Gasteiger partial charge in [-0.25, -0.2) is 4.39 Å². The summed E-state index contributed by atoms with van der Waals surface area (Å²) >= 11 is 0. The Hall–Kier alpha value is -1.38. The van der Waals surface area contributed by atoms with Crippen LogP contribution in [-0.2, 0) is 0 Å². The van der Waals surface area contributed by atoms with E-state index >= 15 is 0 Å². The number of aryl methyl sites for hydroxylation is 1. The first-order chi connectivity index (χ1) is 8.91. The summed E-state index contributed by atoms with van der Waals surface area (Å²) in [6.07, 6.45) is 2.28. The topological polar surface area (TPSA) is 20.3 Å². The molecule has 19 heavy (non-hydrogen) atoms. The lowest BCUT2D eigenvalue weighted by atomic mass is 9.99. The van der Waals surface area contributed by atoms with E-state index in [4.69, 9.17) is 0 Å². The number of ketones is 1. The van der Waals surface area contributed by atoms with Gasteiger partial charge in [-0.05, 0) is 50.3 Å². The van der Waals surface area contributed by atoms with Crippen molar-refractivity contribution in [3.05, 3.63) is 29.1 Å². The third-order valence-electron chi connectivity index (χ3n) is 4.03. The molecule has 1 aliphatic rings. The highest BCUT2D eigenvalue weighted by Crippen LogP contribution is 2.33. The maximum atomic E-state index is 13.7. The van der Waals surface area contributed by atoms with Gasteiger partial charge in [0.2, 0.25) is 0 Å². The van der Waals surface area contributed by atoms with E-state index < -0.39 is 0 Å². The van der Waals surface area contributed by atoms with E-state index in [2.05, 4.69) is 18.7 Å². The second-order valence-corrected chi connectivity index (χ2v) is 5.82. The van der Waals surface area contributed by atoms with Crippen molar-refractivity contribution in [3.63, 3.8) is 0 Å². The van der Waals surface area contributed by atoms with E-state index in [9.17, 15) is 9.18 Å². The van der Waals surface area contributed by atoms with Crippen LogP contribution in [0, 0.1) is 18.7 Å². The van der Waals surface area contributed by atoms with Crippen LogP contribution in [0.1, 0.15) is 49.5 Å². The van der Waals surface area contributed by atoms with Gasteiger partial charge >= 0.3 is 0 Å². The van der Waals surface area contributed by atoms with Gasteiger partial charge in [-0.3, -0.25) is 4.79 Å². The normalized spacial score (nSPS) is 19.3. The molecule has 1 atom stereocenters. The molecule has 2 rings (SSSR count). The number of anilines is 1. The number of nitrogens with zero attached hydrogens (tertiary/aromatic N) is 1. The summed E-state index contributed by atoms with van der Waals surface area (Å²) < 4.78 is 13.7. The number of carbonyl (C=O) groups excluding carboxylic acids is 1. The molecule has 3 heteroatoms. The monoisotopic (exact) mass is 263 g/mol. The molecular weight excluding hydrogens is 241 g/mol. The van der Waals surface area contributed by atoms with Gasteiger partial charge in [0.05, 0.1) is 0 Å². The van der Waals surface area contributed by atoms with E-state index in [0.717, 1.165) is 25.1 Å². The van der Waals surface area contributed by atoms with Gasteiger partial charge in [-0.15, -0.1) is 0 Å². The number of carbonyl (C=O) groups is 1. The van der Waals surface area contributed by atoms with Gasteiger partial charge in [0.1, 0.15) is 5.82 Å². The van der Waals surface area contributed by atoms with Gasteiger partial charge < -0.3 is 4.90 Å². The summed E-state index contributed by atoms with van der Waals surface area (Å²) in [5, 5.41) is 0. The SMILES string of the molecule is CC(=O)c1cc(F)c(C)cc1N1CCCC1C(C)C. The Morgan fingerprint density at radius 1 is 1.42 bits per heavy atom. The fourth-order valence-corrected chi connectivity index (χ4v) is 2.97. The highest BCUT2D eigenvalue weighted by atomic mass is 19.1.